The summed E-state index contributed by atoms with van der Waals surface area (Å²) in [5, 5.41) is 3.02. The van der Waals surface area contributed by atoms with Gasteiger partial charge >= 0.3 is 0 Å². The van der Waals surface area contributed by atoms with E-state index in [2.05, 4.69) is 25.7 Å². The standard InChI is InChI=1S/C15H23FN2/c1-8(2)12-7-10(5)14(16)13(9(3)4)15(12)18-11(6)17/h7-9,18H,6,17H2,1-5H3. The Morgan fingerprint density at radius 2 is 1.83 bits per heavy atom. The van der Waals surface area contributed by atoms with Crippen LogP contribution in [0.5, 0.6) is 0 Å². The number of anilines is 1. The Bertz CT molecular complexity index is 462. The fourth-order valence-corrected chi connectivity index (χ4v) is 2.14. The van der Waals surface area contributed by atoms with Crippen LogP contribution >= 0.6 is 0 Å². The summed E-state index contributed by atoms with van der Waals surface area (Å²) < 4.78 is 14.3. The molecule has 0 fully saturated rings. The zero-order chi connectivity index (χ0) is 14.0. The van der Waals surface area contributed by atoms with Crippen molar-refractivity contribution < 1.29 is 4.39 Å². The summed E-state index contributed by atoms with van der Waals surface area (Å²) in [5.74, 6) is 0.563. The minimum absolute atomic E-state index is 0.0873. The van der Waals surface area contributed by atoms with E-state index in [4.69, 9.17) is 5.73 Å². The molecule has 0 aromatic heterocycles. The summed E-state index contributed by atoms with van der Waals surface area (Å²) in [7, 11) is 0. The first-order valence-electron chi connectivity index (χ1n) is 6.30. The van der Waals surface area contributed by atoms with Crippen LogP contribution in [-0.2, 0) is 0 Å². The Morgan fingerprint density at radius 3 is 2.22 bits per heavy atom. The third-order valence-corrected chi connectivity index (χ3v) is 3.00. The van der Waals surface area contributed by atoms with Gasteiger partial charge in [-0.2, -0.15) is 0 Å². The van der Waals surface area contributed by atoms with Gasteiger partial charge in [0.15, 0.2) is 0 Å². The minimum atomic E-state index is -0.154. The van der Waals surface area contributed by atoms with Crippen molar-refractivity contribution in [2.24, 2.45) is 5.73 Å². The Kier molecular flexibility index (Phi) is 4.38. The van der Waals surface area contributed by atoms with Crippen molar-refractivity contribution in [3.8, 4) is 0 Å². The molecule has 18 heavy (non-hydrogen) atoms. The van der Waals surface area contributed by atoms with E-state index in [1.807, 2.05) is 19.9 Å². The maximum atomic E-state index is 14.3. The topological polar surface area (TPSA) is 38.0 Å². The molecular formula is C15H23FN2. The van der Waals surface area contributed by atoms with Crippen LogP contribution in [0.15, 0.2) is 18.5 Å². The van der Waals surface area contributed by atoms with Crippen LogP contribution < -0.4 is 11.1 Å². The molecule has 100 valence electrons. The number of nitrogens with one attached hydrogen (secondary N) is 1. The van der Waals surface area contributed by atoms with Gasteiger partial charge in [-0.3, -0.25) is 0 Å². The first-order chi connectivity index (χ1) is 8.25. The molecule has 0 aliphatic heterocycles. The summed E-state index contributed by atoms with van der Waals surface area (Å²) in [5.41, 5.74) is 8.83. The lowest BCUT2D eigenvalue weighted by molar-refractivity contribution is 0.589. The Balaban J connectivity index is 3.57. The summed E-state index contributed by atoms with van der Waals surface area (Å²) in [6.45, 7) is 13.6. The quantitative estimate of drug-likeness (QED) is 0.839. The zero-order valence-corrected chi connectivity index (χ0v) is 11.9. The van der Waals surface area contributed by atoms with Crippen molar-refractivity contribution >= 4 is 5.69 Å². The van der Waals surface area contributed by atoms with Crippen molar-refractivity contribution in [1.82, 2.24) is 0 Å². The van der Waals surface area contributed by atoms with Crippen LogP contribution in [0, 0.1) is 12.7 Å². The predicted octanol–water partition coefficient (Wildman–Crippen LogP) is 4.22. The van der Waals surface area contributed by atoms with E-state index in [1.165, 1.54) is 0 Å². The average Bonchev–Trinajstić information content (AvgIpc) is 2.21. The first kappa shape index (κ1) is 14.6. The molecule has 0 aliphatic rings. The third kappa shape index (κ3) is 2.84. The number of nitrogens with two attached hydrogens (primary N) is 1. The van der Waals surface area contributed by atoms with E-state index in [-0.39, 0.29) is 11.7 Å². The van der Waals surface area contributed by atoms with Crippen LogP contribution in [0.25, 0.3) is 0 Å². The fourth-order valence-electron chi connectivity index (χ4n) is 2.14. The van der Waals surface area contributed by atoms with Crippen molar-refractivity contribution in [3.05, 3.63) is 41.0 Å². The highest BCUT2D eigenvalue weighted by atomic mass is 19.1. The SMILES string of the molecule is C=C(N)Nc1c(C(C)C)cc(C)c(F)c1C(C)C. The lowest BCUT2D eigenvalue weighted by Crippen LogP contribution is -2.14. The first-order valence-corrected chi connectivity index (χ1v) is 6.30. The molecule has 0 saturated heterocycles. The molecule has 3 heteroatoms. The van der Waals surface area contributed by atoms with E-state index in [0.29, 0.717) is 22.9 Å². The number of halogens is 1. The largest absolute Gasteiger partial charge is 0.386 e. The highest BCUT2D eigenvalue weighted by Gasteiger charge is 2.20. The highest BCUT2D eigenvalue weighted by molar-refractivity contribution is 5.64. The molecule has 0 unspecified atom stereocenters. The van der Waals surface area contributed by atoms with Crippen LogP contribution in [0.4, 0.5) is 10.1 Å². The van der Waals surface area contributed by atoms with Gasteiger partial charge in [0.25, 0.3) is 0 Å². The molecule has 0 aliphatic carbocycles. The van der Waals surface area contributed by atoms with E-state index in [0.717, 1.165) is 11.3 Å². The zero-order valence-electron chi connectivity index (χ0n) is 11.9. The molecule has 0 saturated carbocycles. The smallest absolute Gasteiger partial charge is 0.131 e. The van der Waals surface area contributed by atoms with Crippen LogP contribution in [-0.4, -0.2) is 0 Å². The maximum absolute atomic E-state index is 14.3. The van der Waals surface area contributed by atoms with Gasteiger partial charge in [-0.15, -0.1) is 0 Å². The van der Waals surface area contributed by atoms with Crippen molar-refractivity contribution in [2.75, 3.05) is 5.32 Å². The Hall–Kier alpha value is -1.51. The molecule has 0 heterocycles. The third-order valence-electron chi connectivity index (χ3n) is 3.00. The van der Waals surface area contributed by atoms with Crippen LogP contribution in [0.2, 0.25) is 0 Å². The maximum Gasteiger partial charge on any atom is 0.131 e. The number of aryl methyl sites for hydroxylation is 1. The lowest BCUT2D eigenvalue weighted by atomic mass is 9.90. The van der Waals surface area contributed by atoms with Crippen molar-refractivity contribution in [1.29, 1.82) is 0 Å². The molecule has 0 amide bonds. The molecule has 0 bridgehead atoms. The van der Waals surface area contributed by atoms with Gasteiger partial charge in [-0.05, 0) is 29.9 Å². The van der Waals surface area contributed by atoms with Gasteiger partial charge in [0.1, 0.15) is 5.82 Å². The summed E-state index contributed by atoms with van der Waals surface area (Å²) >= 11 is 0. The van der Waals surface area contributed by atoms with E-state index < -0.39 is 0 Å². The van der Waals surface area contributed by atoms with Gasteiger partial charge in [0.05, 0.1) is 5.82 Å². The molecule has 1 aromatic carbocycles. The van der Waals surface area contributed by atoms with Crippen LogP contribution in [0.3, 0.4) is 0 Å². The van der Waals surface area contributed by atoms with E-state index >= 15 is 0 Å². The molecule has 0 radical (unpaired) electrons. The summed E-state index contributed by atoms with van der Waals surface area (Å²) in [4.78, 5) is 0. The summed E-state index contributed by atoms with van der Waals surface area (Å²) in [6.07, 6.45) is 0. The van der Waals surface area contributed by atoms with Gasteiger partial charge in [0.2, 0.25) is 0 Å². The monoisotopic (exact) mass is 250 g/mol. The molecule has 3 N–H and O–H groups in total. The molecular weight excluding hydrogens is 227 g/mol. The molecule has 1 aromatic rings. The molecule has 1 rings (SSSR count). The second-order valence-electron chi connectivity index (χ2n) is 5.34. The van der Waals surface area contributed by atoms with Gasteiger partial charge in [-0.25, -0.2) is 4.39 Å². The molecule has 2 nitrogen and oxygen atoms in total. The Morgan fingerprint density at radius 1 is 1.28 bits per heavy atom. The van der Waals surface area contributed by atoms with Crippen molar-refractivity contribution in [3.63, 3.8) is 0 Å². The summed E-state index contributed by atoms with van der Waals surface area (Å²) in [6, 6.07) is 1.89. The van der Waals surface area contributed by atoms with Crippen LogP contribution in [0.1, 0.15) is 56.2 Å². The minimum Gasteiger partial charge on any atom is -0.386 e. The lowest BCUT2D eigenvalue weighted by Gasteiger charge is -2.22. The van der Waals surface area contributed by atoms with E-state index in [1.54, 1.807) is 6.92 Å². The molecule has 0 atom stereocenters. The normalized spacial score (nSPS) is 11.1. The highest BCUT2D eigenvalue weighted by Crippen LogP contribution is 2.36. The number of rotatable bonds is 4. The van der Waals surface area contributed by atoms with Gasteiger partial charge in [0, 0.05) is 11.3 Å². The number of hydrogen-bond acceptors (Lipinski definition) is 2. The van der Waals surface area contributed by atoms with Gasteiger partial charge in [-0.1, -0.05) is 40.3 Å². The van der Waals surface area contributed by atoms with Crippen molar-refractivity contribution in [2.45, 2.75) is 46.5 Å². The molecule has 0 spiro atoms. The fraction of sp³-hybridized carbons (Fsp3) is 0.467. The number of benzene rings is 1. The second kappa shape index (κ2) is 5.42. The van der Waals surface area contributed by atoms with E-state index in [9.17, 15) is 4.39 Å². The average molecular weight is 250 g/mol. The number of hydrogen-bond donors (Lipinski definition) is 2. The van der Waals surface area contributed by atoms with Gasteiger partial charge < -0.3 is 11.1 Å². The second-order valence-corrected chi connectivity index (χ2v) is 5.34. The Labute approximate surface area is 109 Å². The predicted molar refractivity (Wildman–Crippen MR) is 76.3 cm³/mol.